The van der Waals surface area contributed by atoms with E-state index >= 15 is 0 Å². The van der Waals surface area contributed by atoms with Crippen LogP contribution >= 0.6 is 34.2 Å². The molecule has 2 fully saturated rings. The number of rotatable bonds is 1. The van der Waals surface area contributed by atoms with Crippen LogP contribution in [0, 0.1) is 15.4 Å². The largest absolute Gasteiger partial charge is 0.236 e. The molecule has 0 aliphatic heterocycles. The number of nitrogens with zero attached hydrogens (tertiary/aromatic N) is 2. The molecule has 2 saturated carbocycles. The van der Waals surface area contributed by atoms with Crippen LogP contribution in [0.4, 0.5) is 0 Å². The SMILES string of the molecule is CC(C)(C)c1nc(C2CC3CCC2C3)nc(Cl)c1I. The van der Waals surface area contributed by atoms with Gasteiger partial charge in [-0.25, -0.2) is 9.97 Å². The second-order valence-corrected chi connectivity index (χ2v) is 8.50. The number of halogens is 2. The van der Waals surface area contributed by atoms with Crippen molar-refractivity contribution in [2.45, 2.75) is 57.8 Å². The standard InChI is InChI=1S/C15H20ClIN2/c1-15(2,3)12-11(17)13(16)19-14(18-12)10-7-8-4-5-9(10)6-8/h8-10H,4-7H2,1-3H3. The molecule has 0 N–H and O–H groups in total. The summed E-state index contributed by atoms with van der Waals surface area (Å²) in [6, 6.07) is 0. The van der Waals surface area contributed by atoms with Crippen LogP contribution in [0.15, 0.2) is 0 Å². The summed E-state index contributed by atoms with van der Waals surface area (Å²) in [7, 11) is 0. The molecule has 1 aromatic heterocycles. The van der Waals surface area contributed by atoms with Crippen molar-refractivity contribution in [3.05, 3.63) is 20.2 Å². The Hall–Kier alpha value is 0.100. The minimum atomic E-state index is 0.0233. The van der Waals surface area contributed by atoms with E-state index in [1.165, 1.54) is 25.7 Å². The van der Waals surface area contributed by atoms with Crippen molar-refractivity contribution in [2.75, 3.05) is 0 Å². The fourth-order valence-corrected chi connectivity index (χ4v) is 4.89. The Bertz CT molecular complexity index is 510. The van der Waals surface area contributed by atoms with Crippen molar-refractivity contribution in [2.24, 2.45) is 11.8 Å². The van der Waals surface area contributed by atoms with Gasteiger partial charge in [0, 0.05) is 11.3 Å². The molecule has 4 heteroatoms. The molecule has 0 amide bonds. The van der Waals surface area contributed by atoms with E-state index in [0.29, 0.717) is 11.1 Å². The Labute approximate surface area is 133 Å². The highest BCUT2D eigenvalue weighted by molar-refractivity contribution is 14.1. The van der Waals surface area contributed by atoms with E-state index in [1.54, 1.807) is 0 Å². The van der Waals surface area contributed by atoms with Crippen LogP contribution in [0.2, 0.25) is 5.15 Å². The molecular formula is C15H20ClIN2. The fraction of sp³-hybridized carbons (Fsp3) is 0.733. The lowest BCUT2D eigenvalue weighted by molar-refractivity contribution is 0.401. The average molecular weight is 391 g/mol. The molecule has 3 rings (SSSR count). The lowest BCUT2D eigenvalue weighted by Gasteiger charge is -2.25. The van der Waals surface area contributed by atoms with Gasteiger partial charge in [-0.05, 0) is 53.7 Å². The van der Waals surface area contributed by atoms with E-state index in [9.17, 15) is 0 Å². The van der Waals surface area contributed by atoms with Crippen LogP contribution in [0.25, 0.3) is 0 Å². The smallest absolute Gasteiger partial charge is 0.146 e. The topological polar surface area (TPSA) is 25.8 Å². The summed E-state index contributed by atoms with van der Waals surface area (Å²) in [5, 5.41) is 0.637. The first kappa shape index (κ1) is 14.1. The Kier molecular flexibility index (Phi) is 3.57. The first-order chi connectivity index (χ1) is 8.86. The maximum atomic E-state index is 6.35. The Morgan fingerprint density at radius 3 is 2.42 bits per heavy atom. The van der Waals surface area contributed by atoms with E-state index in [0.717, 1.165) is 26.9 Å². The van der Waals surface area contributed by atoms with Crippen LogP contribution in [0.1, 0.15) is 63.9 Å². The van der Waals surface area contributed by atoms with E-state index < -0.39 is 0 Å². The molecule has 0 saturated heterocycles. The Balaban J connectivity index is 2.01. The van der Waals surface area contributed by atoms with Crippen LogP contribution < -0.4 is 0 Å². The van der Waals surface area contributed by atoms with Crippen molar-refractivity contribution in [1.82, 2.24) is 9.97 Å². The summed E-state index contributed by atoms with van der Waals surface area (Å²) >= 11 is 8.62. The number of hydrogen-bond acceptors (Lipinski definition) is 2. The van der Waals surface area contributed by atoms with Crippen molar-refractivity contribution >= 4 is 34.2 Å². The van der Waals surface area contributed by atoms with Crippen LogP contribution in [-0.4, -0.2) is 9.97 Å². The molecule has 3 unspecified atom stereocenters. The summed E-state index contributed by atoms with van der Waals surface area (Å²) in [4.78, 5) is 9.50. The molecule has 0 radical (unpaired) electrons. The first-order valence-electron chi connectivity index (χ1n) is 7.09. The van der Waals surface area contributed by atoms with Gasteiger partial charge in [0.15, 0.2) is 0 Å². The van der Waals surface area contributed by atoms with E-state index in [4.69, 9.17) is 16.6 Å². The molecule has 0 spiro atoms. The number of hydrogen-bond donors (Lipinski definition) is 0. The maximum Gasteiger partial charge on any atom is 0.146 e. The van der Waals surface area contributed by atoms with Crippen molar-refractivity contribution in [1.29, 1.82) is 0 Å². The van der Waals surface area contributed by atoms with Gasteiger partial charge in [-0.3, -0.25) is 0 Å². The number of fused-ring (bicyclic) bond motifs is 2. The lowest BCUT2D eigenvalue weighted by atomic mass is 9.87. The normalized spacial score (nSPS) is 30.1. The maximum absolute atomic E-state index is 6.35. The summed E-state index contributed by atoms with van der Waals surface area (Å²) in [5.41, 5.74) is 1.13. The van der Waals surface area contributed by atoms with Crippen LogP contribution in [-0.2, 0) is 5.41 Å². The van der Waals surface area contributed by atoms with Gasteiger partial charge in [-0.15, -0.1) is 0 Å². The quantitative estimate of drug-likeness (QED) is 0.501. The third kappa shape index (κ3) is 2.53. The van der Waals surface area contributed by atoms with Gasteiger partial charge in [0.2, 0.25) is 0 Å². The fourth-order valence-electron chi connectivity index (χ4n) is 3.66. The highest BCUT2D eigenvalue weighted by Gasteiger charge is 2.42. The van der Waals surface area contributed by atoms with E-state index in [-0.39, 0.29) is 5.41 Å². The second kappa shape index (κ2) is 4.83. The van der Waals surface area contributed by atoms with Gasteiger partial charge >= 0.3 is 0 Å². The van der Waals surface area contributed by atoms with Gasteiger partial charge < -0.3 is 0 Å². The summed E-state index contributed by atoms with van der Waals surface area (Å²) in [6.07, 6.45) is 5.41. The molecule has 2 bridgehead atoms. The van der Waals surface area contributed by atoms with Gasteiger partial charge in [-0.1, -0.05) is 38.8 Å². The molecule has 104 valence electrons. The zero-order valence-corrected chi connectivity index (χ0v) is 14.6. The molecule has 2 aliphatic rings. The molecule has 1 aromatic rings. The van der Waals surface area contributed by atoms with Crippen LogP contribution in [0.3, 0.4) is 0 Å². The Morgan fingerprint density at radius 2 is 1.89 bits per heavy atom. The van der Waals surface area contributed by atoms with Gasteiger partial charge in [0.1, 0.15) is 11.0 Å². The van der Waals surface area contributed by atoms with Crippen LogP contribution in [0.5, 0.6) is 0 Å². The predicted molar refractivity (Wildman–Crippen MR) is 86.6 cm³/mol. The highest BCUT2D eigenvalue weighted by atomic mass is 127. The predicted octanol–water partition coefficient (Wildman–Crippen LogP) is 4.94. The molecular weight excluding hydrogens is 371 g/mol. The molecule has 19 heavy (non-hydrogen) atoms. The van der Waals surface area contributed by atoms with Crippen molar-refractivity contribution in [3.8, 4) is 0 Å². The third-order valence-electron chi connectivity index (χ3n) is 4.61. The summed E-state index contributed by atoms with van der Waals surface area (Å²) < 4.78 is 1.01. The summed E-state index contributed by atoms with van der Waals surface area (Å²) in [5.74, 6) is 3.26. The van der Waals surface area contributed by atoms with E-state index in [2.05, 4.69) is 48.3 Å². The first-order valence-corrected chi connectivity index (χ1v) is 8.55. The molecule has 2 aliphatic carbocycles. The molecule has 0 aromatic carbocycles. The Morgan fingerprint density at radius 1 is 1.16 bits per heavy atom. The molecule has 2 nitrogen and oxygen atoms in total. The van der Waals surface area contributed by atoms with Gasteiger partial charge in [-0.2, -0.15) is 0 Å². The monoisotopic (exact) mass is 390 g/mol. The van der Waals surface area contributed by atoms with Gasteiger partial charge in [0.05, 0.1) is 9.26 Å². The van der Waals surface area contributed by atoms with Gasteiger partial charge in [0.25, 0.3) is 0 Å². The highest BCUT2D eigenvalue weighted by Crippen LogP contribution is 2.52. The van der Waals surface area contributed by atoms with E-state index in [1.807, 2.05) is 0 Å². The zero-order chi connectivity index (χ0) is 13.8. The molecule has 1 heterocycles. The average Bonchev–Trinajstić information content (AvgIpc) is 2.92. The lowest BCUT2D eigenvalue weighted by Crippen LogP contribution is -2.21. The zero-order valence-electron chi connectivity index (χ0n) is 11.7. The second-order valence-electron chi connectivity index (χ2n) is 7.07. The summed E-state index contributed by atoms with van der Waals surface area (Å²) in [6.45, 7) is 6.58. The molecule has 3 atom stereocenters. The minimum Gasteiger partial charge on any atom is -0.236 e. The minimum absolute atomic E-state index is 0.0233. The van der Waals surface area contributed by atoms with Crippen molar-refractivity contribution in [3.63, 3.8) is 0 Å². The van der Waals surface area contributed by atoms with Crippen molar-refractivity contribution < 1.29 is 0 Å². The number of aromatic nitrogens is 2. The third-order valence-corrected chi connectivity index (χ3v) is 6.22.